The molecule has 0 saturated heterocycles. The van der Waals surface area contributed by atoms with Gasteiger partial charge in [0.2, 0.25) is 0 Å². The highest BCUT2D eigenvalue weighted by molar-refractivity contribution is 9.10. The van der Waals surface area contributed by atoms with E-state index in [0.717, 1.165) is 21.5 Å². The Morgan fingerprint density at radius 2 is 2.00 bits per heavy atom. The van der Waals surface area contributed by atoms with Crippen molar-refractivity contribution in [3.8, 4) is 0 Å². The molecule has 1 nitrogen and oxygen atoms in total. The number of rotatable bonds is 4. The van der Waals surface area contributed by atoms with Crippen LogP contribution in [-0.2, 0) is 17.6 Å². The zero-order chi connectivity index (χ0) is 13.1. The lowest BCUT2D eigenvalue weighted by atomic mass is 10.1. The molecular weight excluding hydrogens is 322 g/mol. The highest BCUT2D eigenvalue weighted by Gasteiger charge is 2.12. The fourth-order valence-electron chi connectivity index (χ4n) is 1.57. The van der Waals surface area contributed by atoms with Gasteiger partial charge in [-0.05, 0) is 39.0 Å². The van der Waals surface area contributed by atoms with Gasteiger partial charge in [-0.15, -0.1) is 11.3 Å². The summed E-state index contributed by atoms with van der Waals surface area (Å²) in [6.45, 7) is 0. The molecule has 0 saturated carbocycles. The maximum Gasteiger partial charge on any atom is 0.142 e. The van der Waals surface area contributed by atoms with Crippen LogP contribution in [0.5, 0.6) is 0 Å². The van der Waals surface area contributed by atoms with Gasteiger partial charge in [-0.3, -0.25) is 4.79 Å². The highest BCUT2D eigenvalue weighted by atomic mass is 79.9. The fraction of sp³-hybridized carbons (Fsp3) is 0.154. The molecule has 1 aromatic carbocycles. The van der Waals surface area contributed by atoms with Gasteiger partial charge in [0.1, 0.15) is 17.4 Å². The lowest BCUT2D eigenvalue weighted by molar-refractivity contribution is -0.117. The third-order valence-electron chi connectivity index (χ3n) is 2.45. The molecule has 0 fully saturated rings. The number of hydrogen-bond donors (Lipinski definition) is 0. The maximum atomic E-state index is 13.4. The van der Waals surface area contributed by atoms with Crippen LogP contribution in [-0.4, -0.2) is 5.78 Å². The van der Waals surface area contributed by atoms with Crippen LogP contribution in [0, 0.1) is 11.6 Å². The Bertz CT molecular complexity index is 580. The minimum absolute atomic E-state index is 0.0174. The fourth-order valence-corrected chi connectivity index (χ4v) is 3.09. The summed E-state index contributed by atoms with van der Waals surface area (Å²) in [5.74, 6) is -1.40. The number of Topliss-reactive ketones (excluding diaryl/α,β-unsaturated/α-hetero) is 1. The van der Waals surface area contributed by atoms with Crippen LogP contribution in [0.4, 0.5) is 8.78 Å². The summed E-state index contributed by atoms with van der Waals surface area (Å²) in [4.78, 5) is 12.7. The normalized spacial score (nSPS) is 10.6. The summed E-state index contributed by atoms with van der Waals surface area (Å²) in [6, 6.07) is 5.13. The van der Waals surface area contributed by atoms with E-state index in [1.807, 2.05) is 11.4 Å². The molecule has 2 aromatic rings. The topological polar surface area (TPSA) is 17.1 Å². The molecule has 18 heavy (non-hydrogen) atoms. The van der Waals surface area contributed by atoms with E-state index in [9.17, 15) is 13.6 Å². The van der Waals surface area contributed by atoms with E-state index in [4.69, 9.17) is 0 Å². The van der Waals surface area contributed by atoms with Crippen molar-refractivity contribution in [1.29, 1.82) is 0 Å². The molecule has 0 aliphatic rings. The smallest absolute Gasteiger partial charge is 0.142 e. The zero-order valence-electron chi connectivity index (χ0n) is 9.25. The summed E-state index contributed by atoms with van der Waals surface area (Å²) in [5, 5.41) is 1.88. The number of carbonyl (C=O) groups excluding carboxylic acids is 1. The van der Waals surface area contributed by atoms with Crippen molar-refractivity contribution in [2.24, 2.45) is 0 Å². The average molecular weight is 331 g/mol. The van der Waals surface area contributed by atoms with Crippen LogP contribution in [0.15, 0.2) is 34.1 Å². The quantitative estimate of drug-likeness (QED) is 0.823. The van der Waals surface area contributed by atoms with Crippen LogP contribution in [0.3, 0.4) is 0 Å². The lowest BCUT2D eigenvalue weighted by Crippen LogP contribution is -2.07. The lowest BCUT2D eigenvalue weighted by Gasteiger charge is -2.02. The number of hydrogen-bond acceptors (Lipinski definition) is 2. The minimum Gasteiger partial charge on any atom is -0.299 e. The number of ketones is 1. The molecule has 0 amide bonds. The summed E-state index contributed by atoms with van der Waals surface area (Å²) in [5.41, 5.74) is 0.231. The van der Waals surface area contributed by atoms with E-state index in [1.165, 1.54) is 17.4 Å². The highest BCUT2D eigenvalue weighted by Crippen LogP contribution is 2.23. The first-order chi connectivity index (χ1) is 8.56. The second-order valence-corrected chi connectivity index (χ2v) is 5.67. The first-order valence-electron chi connectivity index (χ1n) is 5.24. The SMILES string of the molecule is O=C(Cc1ccc(F)cc1F)Cc1sccc1Br. The van der Waals surface area contributed by atoms with Gasteiger partial charge in [0, 0.05) is 28.3 Å². The van der Waals surface area contributed by atoms with Crippen LogP contribution >= 0.6 is 27.3 Å². The Labute approximate surface area is 116 Å². The number of benzene rings is 1. The van der Waals surface area contributed by atoms with E-state index in [2.05, 4.69) is 15.9 Å². The molecule has 2 rings (SSSR count). The van der Waals surface area contributed by atoms with Crippen LogP contribution in [0.1, 0.15) is 10.4 Å². The Kier molecular flexibility index (Phi) is 4.24. The van der Waals surface area contributed by atoms with Gasteiger partial charge in [0.05, 0.1) is 0 Å². The predicted octanol–water partition coefficient (Wildman–Crippen LogP) is 4.14. The molecule has 0 bridgehead atoms. The van der Waals surface area contributed by atoms with Gasteiger partial charge >= 0.3 is 0 Å². The van der Waals surface area contributed by atoms with Gasteiger partial charge in [-0.2, -0.15) is 0 Å². The van der Waals surface area contributed by atoms with Crippen molar-refractivity contribution in [3.05, 3.63) is 56.2 Å². The van der Waals surface area contributed by atoms with Crippen molar-refractivity contribution in [3.63, 3.8) is 0 Å². The van der Waals surface area contributed by atoms with Gasteiger partial charge < -0.3 is 0 Å². The molecule has 5 heteroatoms. The molecule has 0 aliphatic carbocycles. The zero-order valence-corrected chi connectivity index (χ0v) is 11.7. The summed E-state index contributed by atoms with van der Waals surface area (Å²) < 4.78 is 27.0. The van der Waals surface area contributed by atoms with Crippen molar-refractivity contribution < 1.29 is 13.6 Å². The van der Waals surface area contributed by atoms with Gasteiger partial charge in [0.25, 0.3) is 0 Å². The third kappa shape index (κ3) is 3.23. The van der Waals surface area contributed by atoms with Crippen LogP contribution in [0.25, 0.3) is 0 Å². The van der Waals surface area contributed by atoms with Gasteiger partial charge in [-0.1, -0.05) is 6.07 Å². The molecule has 0 N–H and O–H groups in total. The predicted molar refractivity (Wildman–Crippen MR) is 70.8 cm³/mol. The molecule has 1 aromatic heterocycles. The molecule has 0 spiro atoms. The van der Waals surface area contributed by atoms with Crippen LogP contribution in [0.2, 0.25) is 0 Å². The second kappa shape index (κ2) is 5.71. The standard InChI is InChI=1S/C13H9BrF2OS/c14-11-3-4-18-13(11)7-10(17)5-8-1-2-9(15)6-12(8)16/h1-4,6H,5,7H2. The molecule has 0 atom stereocenters. The average Bonchev–Trinajstić information content (AvgIpc) is 2.69. The largest absolute Gasteiger partial charge is 0.299 e. The Morgan fingerprint density at radius 1 is 1.22 bits per heavy atom. The summed E-state index contributed by atoms with van der Waals surface area (Å²) in [7, 11) is 0. The number of carbonyl (C=O) groups is 1. The van der Waals surface area contributed by atoms with E-state index >= 15 is 0 Å². The molecule has 94 valence electrons. The third-order valence-corrected chi connectivity index (χ3v) is 4.38. The summed E-state index contributed by atoms with van der Waals surface area (Å²) in [6.07, 6.45) is 0.242. The van der Waals surface area contributed by atoms with Crippen molar-refractivity contribution >= 4 is 33.0 Å². The second-order valence-electron chi connectivity index (χ2n) is 3.82. The van der Waals surface area contributed by atoms with Crippen molar-refractivity contribution in [1.82, 2.24) is 0 Å². The van der Waals surface area contributed by atoms with Crippen molar-refractivity contribution in [2.45, 2.75) is 12.8 Å². The van der Waals surface area contributed by atoms with Gasteiger partial charge in [-0.25, -0.2) is 8.78 Å². The van der Waals surface area contributed by atoms with Crippen LogP contribution < -0.4 is 0 Å². The minimum atomic E-state index is -0.673. The molecule has 1 heterocycles. The maximum absolute atomic E-state index is 13.4. The monoisotopic (exact) mass is 330 g/mol. The first-order valence-corrected chi connectivity index (χ1v) is 6.91. The molecule has 0 radical (unpaired) electrons. The first kappa shape index (κ1) is 13.4. The molecule has 0 aliphatic heterocycles. The molecule has 0 unspecified atom stereocenters. The Balaban J connectivity index is 2.05. The van der Waals surface area contributed by atoms with E-state index in [-0.39, 0.29) is 24.2 Å². The van der Waals surface area contributed by atoms with E-state index in [0.29, 0.717) is 0 Å². The van der Waals surface area contributed by atoms with E-state index in [1.54, 1.807) is 0 Å². The van der Waals surface area contributed by atoms with Crippen molar-refractivity contribution in [2.75, 3.05) is 0 Å². The molecular formula is C13H9BrF2OS. The number of thiophene rings is 1. The Morgan fingerprint density at radius 3 is 2.61 bits per heavy atom. The Hall–Kier alpha value is -1.07. The number of halogens is 3. The van der Waals surface area contributed by atoms with E-state index < -0.39 is 11.6 Å². The summed E-state index contributed by atoms with van der Waals surface area (Å²) >= 11 is 4.81. The van der Waals surface area contributed by atoms with Gasteiger partial charge in [0.15, 0.2) is 0 Å².